The summed E-state index contributed by atoms with van der Waals surface area (Å²) in [6.07, 6.45) is 8.13. The van der Waals surface area contributed by atoms with E-state index in [1.807, 2.05) is 39.1 Å². The Morgan fingerprint density at radius 1 is 1.04 bits per heavy atom. The van der Waals surface area contributed by atoms with E-state index >= 15 is 4.79 Å². The Bertz CT molecular complexity index is 2120. The first-order chi connectivity index (χ1) is 26.3. The highest BCUT2D eigenvalue weighted by atomic mass is 16.5. The minimum atomic E-state index is -1.86. The number of carbonyl (C=O) groups is 2. The molecule has 1 spiro atoms. The lowest BCUT2D eigenvalue weighted by Gasteiger charge is -2.64. The molecule has 55 heavy (non-hydrogen) atoms. The number of para-hydroxylation sites is 1. The number of carbonyl (C=O) groups excluding carboxylic acids is 2. The van der Waals surface area contributed by atoms with Gasteiger partial charge in [0.15, 0.2) is 5.60 Å². The number of hydrogen-bond acceptors (Lipinski definition) is 9. The number of hydrogen-bond donors (Lipinski definition) is 4. The molecule has 2 saturated heterocycles. The summed E-state index contributed by atoms with van der Waals surface area (Å²) in [4.78, 5) is 39.8. The molecule has 11 nitrogen and oxygen atoms in total. The van der Waals surface area contributed by atoms with Crippen LogP contribution in [0.3, 0.4) is 0 Å². The number of piperidine rings is 1. The number of H-pyrrole nitrogens is 1. The first kappa shape index (κ1) is 36.7. The third kappa shape index (κ3) is 4.52. The summed E-state index contributed by atoms with van der Waals surface area (Å²) >= 11 is 0. The Morgan fingerprint density at radius 2 is 1.82 bits per heavy atom. The molecule has 1 aliphatic carbocycles. The first-order valence-electron chi connectivity index (χ1n) is 20.3. The fourth-order valence-corrected chi connectivity index (χ4v) is 13.5. The van der Waals surface area contributed by atoms with Crippen molar-refractivity contribution >= 4 is 28.5 Å². The molecule has 5 aliphatic heterocycles. The van der Waals surface area contributed by atoms with Crippen LogP contribution in [0.2, 0.25) is 0 Å². The molecule has 5 N–H and O–H groups in total. The SMILES string of the molecule is CC[C@]1(O)C[C@@H]2CN(CCc3c([nH]c4ccccc34)[C@@](C(=O)OC)(c3cc4c(cc3OC)N(C)[C@H]3[C@@](O)(C(N)=O)[C@H](C)[C@]5(CC)C=CCN6CC[C@]43[C@@H]65)C2)C1. The van der Waals surface area contributed by atoms with E-state index in [0.717, 1.165) is 66.0 Å². The van der Waals surface area contributed by atoms with Gasteiger partial charge in [-0.3, -0.25) is 19.4 Å². The Hall–Kier alpha value is -3.90. The summed E-state index contributed by atoms with van der Waals surface area (Å²) in [5.41, 5.74) is 6.39. The standard InChI is InChI=1S/C44H57N5O6/c1-7-40(52)22-27-23-43(39(51)55-6,35-29(14-18-48(24-27)25-40)28-12-9-10-13-32(28)46-35)31-20-30-33(21-34(31)54-5)47(4)37-42(30)16-19-49-17-11-15-41(8-2,36(42)49)26(3)44(37,53)38(45)50/h9-13,15,20-21,26-27,36-37,46,52-53H,7-8,14,16-19,22-25H2,1-6H3,(H2,45,50)/t26-,27+,36+,37-,40+,41+,42-,43+,44-/m1/s1. The van der Waals surface area contributed by atoms with E-state index in [1.165, 1.54) is 7.11 Å². The van der Waals surface area contributed by atoms with Crippen LogP contribution >= 0.6 is 0 Å². The number of nitrogens with one attached hydrogen (secondary N) is 1. The zero-order chi connectivity index (χ0) is 38.9. The van der Waals surface area contributed by atoms with Crippen molar-refractivity contribution < 1.29 is 29.3 Å². The number of aliphatic hydroxyl groups is 2. The van der Waals surface area contributed by atoms with Crippen LogP contribution in [0, 0.1) is 17.3 Å². The highest BCUT2D eigenvalue weighted by Crippen LogP contribution is 2.69. The highest BCUT2D eigenvalue weighted by molar-refractivity contribution is 5.95. The van der Waals surface area contributed by atoms with Crippen LogP contribution in [0.4, 0.5) is 5.69 Å². The van der Waals surface area contributed by atoms with Crippen molar-refractivity contribution in [1.29, 1.82) is 0 Å². The molecular weight excluding hydrogens is 695 g/mol. The number of ether oxygens (including phenoxy) is 2. The number of nitrogens with zero attached hydrogens (tertiary/aromatic N) is 3. The molecule has 11 heteroatoms. The maximum atomic E-state index is 15.2. The summed E-state index contributed by atoms with van der Waals surface area (Å²) in [5.74, 6) is -1.08. The molecule has 1 aromatic heterocycles. The number of methoxy groups -OCH3 is 2. The largest absolute Gasteiger partial charge is 0.496 e. The van der Waals surface area contributed by atoms with Gasteiger partial charge in [-0.1, -0.05) is 51.1 Å². The first-order valence-corrected chi connectivity index (χ1v) is 20.3. The molecule has 1 unspecified atom stereocenters. The Balaban J connectivity index is 1.36. The van der Waals surface area contributed by atoms with Gasteiger partial charge in [0.2, 0.25) is 0 Å². The molecule has 294 valence electrons. The monoisotopic (exact) mass is 751 g/mol. The second-order valence-electron chi connectivity index (χ2n) is 17.8. The highest BCUT2D eigenvalue weighted by Gasteiger charge is 2.77. The van der Waals surface area contributed by atoms with E-state index in [2.05, 4.69) is 57.0 Å². The summed E-state index contributed by atoms with van der Waals surface area (Å²) < 4.78 is 12.3. The van der Waals surface area contributed by atoms with Gasteiger partial charge in [0, 0.05) is 89.9 Å². The van der Waals surface area contributed by atoms with Gasteiger partial charge >= 0.3 is 5.97 Å². The van der Waals surface area contributed by atoms with Crippen LogP contribution in [0.1, 0.15) is 75.3 Å². The summed E-state index contributed by atoms with van der Waals surface area (Å²) in [6.45, 7) is 9.86. The molecule has 6 aliphatic rings. The molecule has 3 fully saturated rings. The molecule has 2 aromatic carbocycles. The number of aromatic nitrogens is 1. The number of benzene rings is 2. The predicted molar refractivity (Wildman–Crippen MR) is 211 cm³/mol. The number of nitrogens with two attached hydrogens (primary N) is 1. The van der Waals surface area contributed by atoms with E-state index in [1.54, 1.807) is 7.11 Å². The number of rotatable bonds is 6. The third-order valence-electron chi connectivity index (χ3n) is 15.8. The van der Waals surface area contributed by atoms with Crippen LogP contribution in [-0.4, -0.2) is 114 Å². The molecule has 0 radical (unpaired) electrons. The Kier molecular flexibility index (Phi) is 8.21. The lowest BCUT2D eigenvalue weighted by atomic mass is 9.45. The van der Waals surface area contributed by atoms with Crippen molar-refractivity contribution in [3.8, 4) is 5.75 Å². The van der Waals surface area contributed by atoms with E-state index in [-0.39, 0.29) is 17.9 Å². The summed E-state index contributed by atoms with van der Waals surface area (Å²) in [6, 6.07) is 11.8. The average molecular weight is 752 g/mol. The van der Waals surface area contributed by atoms with Gasteiger partial charge in [0.1, 0.15) is 11.2 Å². The van der Waals surface area contributed by atoms with Crippen LogP contribution in [0.15, 0.2) is 48.6 Å². The van der Waals surface area contributed by atoms with Crippen molar-refractivity contribution in [2.24, 2.45) is 23.0 Å². The second-order valence-corrected chi connectivity index (χ2v) is 17.8. The lowest BCUT2D eigenvalue weighted by Crippen LogP contribution is -2.78. The Labute approximate surface area is 323 Å². The minimum absolute atomic E-state index is 0.0238. The fourth-order valence-electron chi connectivity index (χ4n) is 13.5. The maximum Gasteiger partial charge on any atom is 0.322 e. The second kappa shape index (κ2) is 12.3. The third-order valence-corrected chi connectivity index (χ3v) is 15.8. The smallest absolute Gasteiger partial charge is 0.322 e. The lowest BCUT2D eigenvalue weighted by molar-refractivity contribution is -0.175. The molecule has 2 bridgehead atoms. The van der Waals surface area contributed by atoms with Crippen molar-refractivity contribution in [2.75, 3.05) is 58.9 Å². The fraction of sp³-hybridized carbons (Fsp3) is 0.591. The number of fused-ring (bicyclic) bond motifs is 6. The van der Waals surface area contributed by atoms with Gasteiger partial charge in [-0.25, -0.2) is 0 Å². The van der Waals surface area contributed by atoms with Crippen molar-refractivity contribution in [2.45, 2.75) is 93.4 Å². The van der Waals surface area contributed by atoms with Crippen LogP contribution in [-0.2, 0) is 31.6 Å². The van der Waals surface area contributed by atoms with Gasteiger partial charge < -0.3 is 35.3 Å². The van der Waals surface area contributed by atoms with Crippen molar-refractivity contribution in [1.82, 2.24) is 14.8 Å². The molecule has 9 rings (SSSR count). The minimum Gasteiger partial charge on any atom is -0.496 e. The van der Waals surface area contributed by atoms with E-state index < -0.39 is 45.3 Å². The molecule has 10 atom stereocenters. The zero-order valence-electron chi connectivity index (χ0n) is 33.2. The van der Waals surface area contributed by atoms with Crippen LogP contribution in [0.5, 0.6) is 5.75 Å². The predicted octanol–water partition coefficient (Wildman–Crippen LogP) is 4.01. The van der Waals surface area contributed by atoms with Gasteiger partial charge in [0.25, 0.3) is 5.91 Å². The molecular formula is C44H57N5O6. The normalized spacial score (nSPS) is 39.0. The quantitative estimate of drug-likeness (QED) is 0.217. The molecule has 1 saturated carbocycles. The topological polar surface area (TPSA) is 145 Å². The zero-order valence-corrected chi connectivity index (χ0v) is 33.2. The van der Waals surface area contributed by atoms with Gasteiger partial charge in [-0.05, 0) is 74.2 Å². The number of likely N-dealkylation sites (N-methyl/N-ethyl adjacent to an activating group) is 1. The number of esters is 1. The van der Waals surface area contributed by atoms with Crippen LogP contribution in [0.25, 0.3) is 10.9 Å². The van der Waals surface area contributed by atoms with Crippen LogP contribution < -0.4 is 15.4 Å². The Morgan fingerprint density at radius 3 is 2.53 bits per heavy atom. The maximum absolute atomic E-state index is 15.2. The van der Waals surface area contributed by atoms with Gasteiger partial charge in [0.05, 0.1) is 25.9 Å². The van der Waals surface area contributed by atoms with Gasteiger partial charge in [-0.15, -0.1) is 0 Å². The van der Waals surface area contributed by atoms with E-state index in [9.17, 15) is 15.0 Å². The molecule has 6 heterocycles. The van der Waals surface area contributed by atoms with E-state index in [0.29, 0.717) is 50.0 Å². The molecule has 3 aromatic rings. The van der Waals surface area contributed by atoms with Crippen molar-refractivity contribution in [3.63, 3.8) is 0 Å². The molecule has 1 amide bonds. The van der Waals surface area contributed by atoms with E-state index in [4.69, 9.17) is 15.2 Å². The number of aromatic amines is 1. The average Bonchev–Trinajstić information content (AvgIpc) is 3.84. The van der Waals surface area contributed by atoms with Crippen molar-refractivity contribution in [3.05, 3.63) is 70.9 Å². The number of primary amides is 1. The number of amides is 1. The van der Waals surface area contributed by atoms with Gasteiger partial charge in [-0.2, -0.15) is 0 Å². The summed E-state index contributed by atoms with van der Waals surface area (Å²) in [5, 5.41) is 26.0. The number of anilines is 1. The summed E-state index contributed by atoms with van der Waals surface area (Å²) in [7, 11) is 5.07.